The van der Waals surface area contributed by atoms with E-state index < -0.39 is 11.9 Å². The molecule has 1 aliphatic rings. The number of halogens is 1. The van der Waals surface area contributed by atoms with E-state index in [-0.39, 0.29) is 28.3 Å². The first-order valence-corrected chi connectivity index (χ1v) is 12.1. The Morgan fingerprint density at radius 2 is 1.97 bits per heavy atom. The molecule has 0 saturated heterocycles. The second-order valence-electron chi connectivity index (χ2n) is 8.02. The molecule has 1 atom stereocenters. The van der Waals surface area contributed by atoms with E-state index >= 15 is 0 Å². The Morgan fingerprint density at radius 3 is 2.80 bits per heavy atom. The fourth-order valence-corrected chi connectivity index (χ4v) is 5.66. The molecule has 2 aromatic heterocycles. The van der Waals surface area contributed by atoms with Crippen LogP contribution in [0.4, 0.5) is 5.13 Å². The Labute approximate surface area is 207 Å². The average Bonchev–Trinajstić information content (AvgIpc) is 3.39. The monoisotopic (exact) mass is 504 g/mol. The minimum Gasteiger partial charge on any atom is -0.504 e. The highest BCUT2D eigenvalue weighted by atomic mass is 35.5. The first-order valence-electron chi connectivity index (χ1n) is 10.9. The Balaban J connectivity index is 1.63. The zero-order chi connectivity index (χ0) is 24.3. The zero-order valence-electron chi connectivity index (χ0n) is 18.3. The number of phenolic OH excluding ortho intramolecular Hbond substituents is 1. The van der Waals surface area contributed by atoms with Crippen LogP contribution in [0.1, 0.15) is 34.6 Å². The highest BCUT2D eigenvalue weighted by Crippen LogP contribution is 2.45. The predicted molar refractivity (Wildman–Crippen MR) is 135 cm³/mol. The van der Waals surface area contributed by atoms with Crippen molar-refractivity contribution in [1.82, 2.24) is 4.98 Å². The molecule has 3 aromatic carbocycles. The Hall–Kier alpha value is -3.88. The number of rotatable bonds is 4. The van der Waals surface area contributed by atoms with Gasteiger partial charge in [0, 0.05) is 5.02 Å². The van der Waals surface area contributed by atoms with Crippen molar-refractivity contribution in [3.8, 4) is 11.5 Å². The fourth-order valence-electron chi connectivity index (χ4n) is 4.39. The van der Waals surface area contributed by atoms with Crippen LogP contribution in [-0.2, 0) is 0 Å². The molecule has 1 aliphatic heterocycles. The Bertz CT molecular complexity index is 1710. The number of hydrogen-bond acceptors (Lipinski definition) is 7. The van der Waals surface area contributed by atoms with Gasteiger partial charge in [0.15, 0.2) is 22.1 Å². The summed E-state index contributed by atoms with van der Waals surface area (Å²) in [5, 5.41) is 11.6. The molecule has 0 spiro atoms. The van der Waals surface area contributed by atoms with Gasteiger partial charge in [-0.3, -0.25) is 14.5 Å². The number of para-hydroxylation sites is 1. The number of anilines is 1. The SMILES string of the molecule is CCOc1cc([C@@H]2c3c(oc4ccccc4c3=O)C(=O)N2c2nc3ccc(Cl)cc3s2)ccc1O. The second kappa shape index (κ2) is 8.11. The summed E-state index contributed by atoms with van der Waals surface area (Å²) in [6.45, 7) is 2.14. The van der Waals surface area contributed by atoms with Gasteiger partial charge in [-0.15, -0.1) is 0 Å². The number of thiazole rings is 1. The van der Waals surface area contributed by atoms with Crippen LogP contribution in [0.5, 0.6) is 11.5 Å². The molecule has 3 heterocycles. The zero-order valence-corrected chi connectivity index (χ0v) is 19.9. The van der Waals surface area contributed by atoms with Crippen molar-refractivity contribution in [2.75, 3.05) is 11.5 Å². The molecule has 0 unspecified atom stereocenters. The molecule has 0 aliphatic carbocycles. The molecule has 174 valence electrons. The van der Waals surface area contributed by atoms with Gasteiger partial charge < -0.3 is 14.3 Å². The van der Waals surface area contributed by atoms with E-state index in [1.165, 1.54) is 22.3 Å². The first-order chi connectivity index (χ1) is 17.0. The van der Waals surface area contributed by atoms with Gasteiger partial charge in [0.05, 0.1) is 33.8 Å². The number of carbonyl (C=O) groups excluding carboxylic acids is 1. The lowest BCUT2D eigenvalue weighted by molar-refractivity contribution is 0.0971. The van der Waals surface area contributed by atoms with Gasteiger partial charge in [-0.05, 0) is 55.0 Å². The van der Waals surface area contributed by atoms with E-state index in [0.717, 1.165) is 4.70 Å². The van der Waals surface area contributed by atoms with E-state index in [2.05, 4.69) is 4.98 Å². The maximum absolute atomic E-state index is 13.8. The highest BCUT2D eigenvalue weighted by molar-refractivity contribution is 7.22. The van der Waals surface area contributed by atoms with Crippen LogP contribution >= 0.6 is 22.9 Å². The summed E-state index contributed by atoms with van der Waals surface area (Å²) in [4.78, 5) is 33.5. The van der Waals surface area contributed by atoms with Crippen LogP contribution in [0, 0.1) is 0 Å². The lowest BCUT2D eigenvalue weighted by Crippen LogP contribution is -2.29. The van der Waals surface area contributed by atoms with Crippen LogP contribution in [0.3, 0.4) is 0 Å². The normalized spacial score (nSPS) is 15.2. The summed E-state index contributed by atoms with van der Waals surface area (Å²) in [6, 6.07) is 16.1. The number of aromatic nitrogens is 1. The number of hydrogen-bond donors (Lipinski definition) is 1. The molecule has 0 fully saturated rings. The topological polar surface area (TPSA) is 92.9 Å². The van der Waals surface area contributed by atoms with Gasteiger partial charge in [-0.1, -0.05) is 41.1 Å². The fraction of sp³-hybridized carbons (Fsp3) is 0.115. The lowest BCUT2D eigenvalue weighted by atomic mass is 9.98. The van der Waals surface area contributed by atoms with E-state index in [1.807, 2.05) is 0 Å². The quantitative estimate of drug-likeness (QED) is 0.327. The van der Waals surface area contributed by atoms with Crippen molar-refractivity contribution in [1.29, 1.82) is 0 Å². The largest absolute Gasteiger partial charge is 0.504 e. The van der Waals surface area contributed by atoms with Gasteiger partial charge >= 0.3 is 0 Å². The van der Waals surface area contributed by atoms with Crippen LogP contribution in [0.2, 0.25) is 5.02 Å². The molecule has 1 N–H and O–H groups in total. The summed E-state index contributed by atoms with van der Waals surface area (Å²) in [5.74, 6) is -0.273. The Morgan fingerprint density at radius 1 is 1.14 bits per heavy atom. The minimum absolute atomic E-state index is 0.0259. The van der Waals surface area contributed by atoms with Crippen molar-refractivity contribution in [2.45, 2.75) is 13.0 Å². The van der Waals surface area contributed by atoms with Crippen molar-refractivity contribution < 1.29 is 19.1 Å². The standard InChI is InChI=1S/C26H17ClN2O5S/c1-2-33-19-11-13(7-10-17(19)30)22-21-23(31)15-5-3-4-6-18(15)34-24(21)25(32)29(22)26-28-16-9-8-14(27)12-20(16)35-26/h3-12,22,30H,2H2,1H3/t22-/m1/s1. The molecule has 0 saturated carbocycles. The van der Waals surface area contributed by atoms with Gasteiger partial charge in [0.1, 0.15) is 5.58 Å². The molecule has 5 aromatic rings. The molecular formula is C26H17ClN2O5S. The van der Waals surface area contributed by atoms with Gasteiger partial charge in [-0.25, -0.2) is 4.98 Å². The number of amides is 1. The van der Waals surface area contributed by atoms with Crippen molar-refractivity contribution in [3.63, 3.8) is 0 Å². The van der Waals surface area contributed by atoms with Crippen molar-refractivity contribution >= 4 is 55.2 Å². The van der Waals surface area contributed by atoms with Crippen LogP contribution in [-0.4, -0.2) is 22.6 Å². The van der Waals surface area contributed by atoms with Gasteiger partial charge in [0.2, 0.25) is 5.76 Å². The molecular weight excluding hydrogens is 488 g/mol. The molecule has 6 rings (SSSR count). The second-order valence-corrected chi connectivity index (χ2v) is 9.46. The molecule has 0 radical (unpaired) electrons. The average molecular weight is 505 g/mol. The van der Waals surface area contributed by atoms with Crippen LogP contribution in [0.15, 0.2) is 69.9 Å². The minimum atomic E-state index is -0.825. The third-order valence-electron chi connectivity index (χ3n) is 5.92. The third kappa shape index (κ3) is 3.37. The third-order valence-corrected chi connectivity index (χ3v) is 7.17. The molecule has 1 amide bonds. The summed E-state index contributed by atoms with van der Waals surface area (Å²) in [6.07, 6.45) is 0. The number of phenols is 1. The number of carbonyl (C=O) groups is 1. The Kier molecular flexibility index (Phi) is 5.01. The molecule has 7 nitrogen and oxygen atoms in total. The lowest BCUT2D eigenvalue weighted by Gasteiger charge is -2.23. The van der Waals surface area contributed by atoms with E-state index in [0.29, 0.717) is 38.8 Å². The maximum atomic E-state index is 13.8. The van der Waals surface area contributed by atoms with Gasteiger partial charge in [0.25, 0.3) is 5.91 Å². The number of benzene rings is 3. The highest BCUT2D eigenvalue weighted by Gasteiger charge is 2.45. The van der Waals surface area contributed by atoms with Crippen molar-refractivity contribution in [2.24, 2.45) is 0 Å². The summed E-state index contributed by atoms with van der Waals surface area (Å²) in [5.41, 5.74) is 1.53. The van der Waals surface area contributed by atoms with E-state index in [1.54, 1.807) is 61.5 Å². The molecule has 35 heavy (non-hydrogen) atoms. The number of fused-ring (bicyclic) bond motifs is 3. The number of nitrogens with zero attached hydrogens (tertiary/aromatic N) is 2. The molecule has 9 heteroatoms. The van der Waals surface area contributed by atoms with Gasteiger partial charge in [-0.2, -0.15) is 0 Å². The summed E-state index contributed by atoms with van der Waals surface area (Å²) >= 11 is 7.46. The van der Waals surface area contributed by atoms with Crippen molar-refractivity contribution in [3.05, 3.63) is 92.8 Å². The summed E-state index contributed by atoms with van der Waals surface area (Å²) < 4.78 is 12.4. The number of aromatic hydroxyl groups is 1. The van der Waals surface area contributed by atoms with E-state index in [4.69, 9.17) is 20.8 Å². The first kappa shape index (κ1) is 21.6. The van der Waals surface area contributed by atoms with E-state index in [9.17, 15) is 14.7 Å². The predicted octanol–water partition coefficient (Wildman–Crippen LogP) is 5.91. The van der Waals surface area contributed by atoms with Crippen LogP contribution in [0.25, 0.3) is 21.2 Å². The summed E-state index contributed by atoms with van der Waals surface area (Å²) in [7, 11) is 0. The van der Waals surface area contributed by atoms with Crippen LogP contribution < -0.4 is 15.1 Å². The smallest absolute Gasteiger partial charge is 0.297 e. The molecule has 0 bridgehead atoms. The maximum Gasteiger partial charge on any atom is 0.297 e. The number of ether oxygens (including phenoxy) is 1.